The van der Waals surface area contributed by atoms with E-state index in [1.807, 2.05) is 13.8 Å². The molecule has 1 saturated heterocycles. The molecule has 1 unspecified atom stereocenters. The number of guanidine groups is 1. The number of carbonyl (C=O) groups excluding carboxylic acids is 1. The van der Waals surface area contributed by atoms with Crippen LogP contribution < -0.4 is 10.6 Å². The van der Waals surface area contributed by atoms with Gasteiger partial charge in [-0.05, 0) is 51.2 Å². The molecule has 0 saturated carbocycles. The van der Waals surface area contributed by atoms with Crippen LogP contribution in [0.2, 0.25) is 0 Å². The molecule has 2 N–H and O–H groups in total. The maximum Gasteiger partial charge on any atom is 0.307 e. The molecule has 140 valence electrons. The highest BCUT2D eigenvalue weighted by molar-refractivity contribution is 7.10. The number of ether oxygens (including phenoxy) is 1. The summed E-state index contributed by atoms with van der Waals surface area (Å²) in [7, 11) is 1.75. The van der Waals surface area contributed by atoms with Gasteiger partial charge in [-0.2, -0.15) is 0 Å². The monoisotopic (exact) mass is 366 g/mol. The van der Waals surface area contributed by atoms with Crippen molar-refractivity contribution >= 4 is 23.3 Å². The van der Waals surface area contributed by atoms with E-state index >= 15 is 0 Å². The minimum absolute atomic E-state index is 0.0723. The molecular formula is C18H30N4O2S. The minimum atomic E-state index is -0.188. The molecule has 0 aromatic carbocycles. The molecule has 1 aliphatic rings. The van der Waals surface area contributed by atoms with Crippen LogP contribution in [0.5, 0.6) is 0 Å². The lowest BCUT2D eigenvalue weighted by atomic mass is 10.2. The average molecular weight is 367 g/mol. The topological polar surface area (TPSA) is 66.0 Å². The highest BCUT2D eigenvalue weighted by atomic mass is 32.1. The van der Waals surface area contributed by atoms with Crippen LogP contribution in [-0.4, -0.2) is 56.2 Å². The first kappa shape index (κ1) is 19.7. The van der Waals surface area contributed by atoms with Gasteiger partial charge in [-0.25, -0.2) is 0 Å². The number of hydrogen-bond acceptors (Lipinski definition) is 5. The predicted octanol–water partition coefficient (Wildman–Crippen LogP) is 2.39. The predicted molar refractivity (Wildman–Crippen MR) is 103 cm³/mol. The third-order valence-corrected chi connectivity index (χ3v) is 5.10. The first-order valence-corrected chi connectivity index (χ1v) is 9.89. The quantitative estimate of drug-likeness (QED) is 0.420. The van der Waals surface area contributed by atoms with E-state index in [1.165, 1.54) is 17.7 Å². The van der Waals surface area contributed by atoms with E-state index in [0.29, 0.717) is 19.0 Å². The Bertz CT molecular complexity index is 539. The van der Waals surface area contributed by atoms with Crippen LogP contribution in [0.15, 0.2) is 22.5 Å². The van der Waals surface area contributed by atoms with Crippen LogP contribution in [0.1, 0.15) is 44.0 Å². The molecule has 1 fully saturated rings. The summed E-state index contributed by atoms with van der Waals surface area (Å²) in [6, 6.07) is 4.68. The Balaban J connectivity index is 1.80. The highest BCUT2D eigenvalue weighted by Crippen LogP contribution is 2.27. The van der Waals surface area contributed by atoms with Crippen molar-refractivity contribution in [3.05, 3.63) is 22.4 Å². The maximum absolute atomic E-state index is 11.6. The number of carbonyl (C=O) groups is 1. The number of aliphatic imine (C=N–C) groups is 1. The summed E-state index contributed by atoms with van der Waals surface area (Å²) < 4.78 is 5.14. The average Bonchev–Trinajstić information content (AvgIpc) is 3.27. The second-order valence-corrected chi connectivity index (χ2v) is 7.42. The van der Waals surface area contributed by atoms with E-state index < -0.39 is 0 Å². The molecule has 1 aromatic heterocycles. The summed E-state index contributed by atoms with van der Waals surface area (Å²) in [5.41, 5.74) is 0. The molecule has 1 aliphatic heterocycles. The molecule has 2 rings (SSSR count). The Morgan fingerprint density at radius 1 is 1.36 bits per heavy atom. The van der Waals surface area contributed by atoms with E-state index in [9.17, 15) is 4.79 Å². The van der Waals surface area contributed by atoms with E-state index in [2.05, 4.69) is 38.0 Å². The largest absolute Gasteiger partial charge is 0.463 e. The molecule has 1 atom stereocenters. The summed E-state index contributed by atoms with van der Waals surface area (Å²) in [5, 5.41) is 8.72. The number of nitrogens with one attached hydrogen (secondary N) is 2. The third-order valence-electron chi connectivity index (χ3n) is 4.13. The fourth-order valence-electron chi connectivity index (χ4n) is 2.96. The Morgan fingerprint density at radius 2 is 2.12 bits per heavy atom. The maximum atomic E-state index is 11.6. The van der Waals surface area contributed by atoms with Crippen molar-refractivity contribution in [2.45, 2.75) is 45.3 Å². The molecule has 0 spiro atoms. The molecule has 0 bridgehead atoms. The van der Waals surface area contributed by atoms with Crippen molar-refractivity contribution in [1.29, 1.82) is 0 Å². The molecular weight excluding hydrogens is 336 g/mol. The van der Waals surface area contributed by atoms with Gasteiger partial charge in [-0.3, -0.25) is 14.7 Å². The number of nitrogens with zero attached hydrogens (tertiary/aromatic N) is 2. The highest BCUT2D eigenvalue weighted by Gasteiger charge is 2.24. The molecule has 0 amide bonds. The number of esters is 1. The van der Waals surface area contributed by atoms with Gasteiger partial charge in [0.25, 0.3) is 0 Å². The van der Waals surface area contributed by atoms with Crippen molar-refractivity contribution in [2.75, 3.05) is 33.2 Å². The Morgan fingerprint density at radius 3 is 2.72 bits per heavy atom. The summed E-state index contributed by atoms with van der Waals surface area (Å²) in [6.07, 6.45) is 2.80. The summed E-state index contributed by atoms with van der Waals surface area (Å²) in [6.45, 7) is 7.33. The van der Waals surface area contributed by atoms with Gasteiger partial charge < -0.3 is 15.4 Å². The fourth-order valence-corrected chi connectivity index (χ4v) is 3.82. The smallest absolute Gasteiger partial charge is 0.307 e. The van der Waals surface area contributed by atoms with Crippen molar-refractivity contribution in [3.8, 4) is 0 Å². The van der Waals surface area contributed by atoms with E-state index in [-0.39, 0.29) is 12.1 Å². The van der Waals surface area contributed by atoms with Gasteiger partial charge in [0.1, 0.15) is 0 Å². The second-order valence-electron chi connectivity index (χ2n) is 6.44. The number of rotatable bonds is 8. The Labute approximate surface area is 154 Å². The van der Waals surface area contributed by atoms with Gasteiger partial charge in [0.2, 0.25) is 0 Å². The van der Waals surface area contributed by atoms with E-state index in [1.54, 1.807) is 18.4 Å². The lowest BCUT2D eigenvalue weighted by Gasteiger charge is -2.27. The van der Waals surface area contributed by atoms with Crippen molar-refractivity contribution in [3.63, 3.8) is 0 Å². The van der Waals surface area contributed by atoms with Gasteiger partial charge in [0.05, 0.1) is 18.6 Å². The minimum Gasteiger partial charge on any atom is -0.463 e. The molecule has 25 heavy (non-hydrogen) atoms. The molecule has 0 radical (unpaired) electrons. The lowest BCUT2D eigenvalue weighted by molar-refractivity contribution is -0.147. The van der Waals surface area contributed by atoms with E-state index in [4.69, 9.17) is 4.74 Å². The van der Waals surface area contributed by atoms with Crippen LogP contribution in [0.3, 0.4) is 0 Å². The zero-order valence-corrected chi connectivity index (χ0v) is 16.3. The molecule has 0 aliphatic carbocycles. The zero-order chi connectivity index (χ0) is 18.1. The van der Waals surface area contributed by atoms with Gasteiger partial charge in [-0.15, -0.1) is 11.3 Å². The second kappa shape index (κ2) is 10.4. The summed E-state index contributed by atoms with van der Waals surface area (Å²) >= 11 is 1.80. The molecule has 6 nitrogen and oxygen atoms in total. The van der Waals surface area contributed by atoms with Crippen molar-refractivity contribution in [1.82, 2.24) is 15.5 Å². The summed E-state index contributed by atoms with van der Waals surface area (Å²) in [5.74, 6) is 0.532. The summed E-state index contributed by atoms with van der Waals surface area (Å²) in [4.78, 5) is 19.8. The first-order chi connectivity index (χ1) is 12.1. The van der Waals surface area contributed by atoms with Crippen LogP contribution in [-0.2, 0) is 9.53 Å². The number of thiophene rings is 1. The van der Waals surface area contributed by atoms with Crippen molar-refractivity contribution in [2.24, 2.45) is 4.99 Å². The molecule has 7 heteroatoms. The van der Waals surface area contributed by atoms with Gasteiger partial charge in [-0.1, -0.05) is 6.07 Å². The van der Waals surface area contributed by atoms with Crippen LogP contribution in [0.25, 0.3) is 0 Å². The van der Waals surface area contributed by atoms with Crippen molar-refractivity contribution < 1.29 is 9.53 Å². The van der Waals surface area contributed by atoms with Crippen LogP contribution in [0, 0.1) is 0 Å². The molecule has 2 heterocycles. The number of hydrogen-bond donors (Lipinski definition) is 2. The zero-order valence-electron chi connectivity index (χ0n) is 15.5. The standard InChI is InChI=1S/C18H30N4O2S/c1-14(2)24-17(23)8-9-20-18(19-3)21-13-15(16-7-6-12-25-16)22-10-4-5-11-22/h6-7,12,14-15H,4-5,8-11,13H2,1-3H3,(H2,19,20,21). The SMILES string of the molecule is CN=C(NCCC(=O)OC(C)C)NCC(c1cccs1)N1CCCC1. The van der Waals surface area contributed by atoms with Gasteiger partial charge in [0.15, 0.2) is 5.96 Å². The van der Waals surface area contributed by atoms with Crippen LogP contribution >= 0.6 is 11.3 Å². The normalized spacial score (nSPS) is 16.9. The van der Waals surface area contributed by atoms with Gasteiger partial charge in [0, 0.05) is 25.0 Å². The lowest BCUT2D eigenvalue weighted by Crippen LogP contribution is -2.43. The van der Waals surface area contributed by atoms with Crippen LogP contribution in [0.4, 0.5) is 0 Å². The fraction of sp³-hybridized carbons (Fsp3) is 0.667. The Kier molecular flexibility index (Phi) is 8.21. The molecule has 1 aromatic rings. The number of likely N-dealkylation sites (tertiary alicyclic amines) is 1. The van der Waals surface area contributed by atoms with E-state index in [0.717, 1.165) is 25.6 Å². The van der Waals surface area contributed by atoms with Gasteiger partial charge >= 0.3 is 5.97 Å². The first-order valence-electron chi connectivity index (χ1n) is 9.01. The third kappa shape index (κ3) is 6.66. The Hall–Kier alpha value is -1.60.